The third-order valence-corrected chi connectivity index (χ3v) is 2.88. The van der Waals surface area contributed by atoms with E-state index in [4.69, 9.17) is 5.73 Å². The summed E-state index contributed by atoms with van der Waals surface area (Å²) in [7, 11) is 1.90. The Bertz CT molecular complexity index is 464. The lowest BCUT2D eigenvalue weighted by atomic mass is 10.1. The number of halogens is 1. The number of rotatable bonds is 2. The van der Waals surface area contributed by atoms with Crippen LogP contribution in [0.3, 0.4) is 0 Å². The molecule has 1 atom stereocenters. The first-order valence-corrected chi connectivity index (χ1v) is 5.47. The number of hydrogen-bond donors (Lipinski definition) is 1. The first-order chi connectivity index (χ1) is 7.18. The summed E-state index contributed by atoms with van der Waals surface area (Å²) in [6, 6.07) is 9.82. The molecule has 0 aliphatic carbocycles. The molecule has 0 aliphatic rings. The molecule has 15 heavy (non-hydrogen) atoms. The first kappa shape index (κ1) is 10.4. The van der Waals surface area contributed by atoms with Crippen LogP contribution in [0.1, 0.15) is 17.3 Å². The highest BCUT2D eigenvalue weighted by Crippen LogP contribution is 2.21. The molecule has 0 fully saturated rings. The van der Waals surface area contributed by atoms with E-state index in [1.54, 1.807) is 10.9 Å². The molecule has 1 unspecified atom stereocenters. The van der Waals surface area contributed by atoms with E-state index >= 15 is 0 Å². The molecule has 1 heterocycles. The summed E-state index contributed by atoms with van der Waals surface area (Å²) in [5, 5.41) is 4.11. The molecule has 2 rings (SSSR count). The maximum Gasteiger partial charge on any atom is 0.0723 e. The predicted octanol–water partition coefficient (Wildman–Crippen LogP) is 2.23. The van der Waals surface area contributed by atoms with Crippen LogP contribution >= 0.6 is 15.9 Å². The predicted molar refractivity (Wildman–Crippen MR) is 63.4 cm³/mol. The highest BCUT2D eigenvalue weighted by atomic mass is 79.9. The molecule has 0 bridgehead atoms. The molecule has 3 nitrogen and oxygen atoms in total. The zero-order valence-corrected chi connectivity index (χ0v) is 9.98. The minimum Gasteiger partial charge on any atom is -0.319 e. The Morgan fingerprint density at radius 3 is 2.80 bits per heavy atom. The number of nitrogens with zero attached hydrogens (tertiary/aromatic N) is 2. The van der Waals surface area contributed by atoms with Crippen molar-refractivity contribution in [2.75, 3.05) is 0 Å². The van der Waals surface area contributed by atoms with Crippen LogP contribution < -0.4 is 5.73 Å². The van der Waals surface area contributed by atoms with Crippen LogP contribution in [-0.4, -0.2) is 9.78 Å². The van der Waals surface area contributed by atoms with Crippen molar-refractivity contribution < 1.29 is 0 Å². The Kier molecular flexibility index (Phi) is 2.88. The van der Waals surface area contributed by atoms with Gasteiger partial charge in [0.15, 0.2) is 0 Å². The van der Waals surface area contributed by atoms with E-state index in [9.17, 15) is 0 Å². The summed E-state index contributed by atoms with van der Waals surface area (Å²) in [4.78, 5) is 0. The van der Waals surface area contributed by atoms with Gasteiger partial charge in [0, 0.05) is 17.7 Å². The maximum absolute atomic E-state index is 6.15. The van der Waals surface area contributed by atoms with Gasteiger partial charge in [-0.25, -0.2) is 0 Å². The van der Waals surface area contributed by atoms with Gasteiger partial charge < -0.3 is 5.73 Å². The van der Waals surface area contributed by atoms with Gasteiger partial charge in [-0.1, -0.05) is 28.1 Å². The Hall–Kier alpha value is -1.13. The SMILES string of the molecule is Cn1nccc1C(N)c1cccc(Br)c1. The van der Waals surface area contributed by atoms with Gasteiger partial charge in [-0.15, -0.1) is 0 Å². The monoisotopic (exact) mass is 265 g/mol. The second-order valence-corrected chi connectivity index (χ2v) is 4.33. The van der Waals surface area contributed by atoms with Gasteiger partial charge in [0.25, 0.3) is 0 Å². The van der Waals surface area contributed by atoms with Crippen molar-refractivity contribution in [2.45, 2.75) is 6.04 Å². The van der Waals surface area contributed by atoms with Gasteiger partial charge >= 0.3 is 0 Å². The van der Waals surface area contributed by atoms with E-state index in [0.29, 0.717) is 0 Å². The molecule has 2 N–H and O–H groups in total. The molecular formula is C11H12BrN3. The molecule has 0 amide bonds. The molecule has 4 heteroatoms. The molecule has 0 spiro atoms. The van der Waals surface area contributed by atoms with Crippen molar-refractivity contribution in [3.63, 3.8) is 0 Å². The molecule has 2 aromatic rings. The van der Waals surface area contributed by atoms with E-state index in [-0.39, 0.29) is 6.04 Å². The zero-order valence-electron chi connectivity index (χ0n) is 8.39. The molecule has 1 aromatic heterocycles. The summed E-state index contributed by atoms with van der Waals surface area (Å²) >= 11 is 3.43. The van der Waals surface area contributed by atoms with Crippen LogP contribution in [0.5, 0.6) is 0 Å². The van der Waals surface area contributed by atoms with E-state index in [2.05, 4.69) is 21.0 Å². The minimum atomic E-state index is -0.130. The fourth-order valence-corrected chi connectivity index (χ4v) is 1.98. The van der Waals surface area contributed by atoms with Crippen LogP contribution in [0.2, 0.25) is 0 Å². The lowest BCUT2D eigenvalue weighted by molar-refractivity contribution is 0.673. The largest absolute Gasteiger partial charge is 0.319 e. The maximum atomic E-state index is 6.15. The molecular weight excluding hydrogens is 254 g/mol. The number of hydrogen-bond acceptors (Lipinski definition) is 2. The van der Waals surface area contributed by atoms with E-state index in [1.807, 2.05) is 37.4 Å². The quantitative estimate of drug-likeness (QED) is 0.905. The molecule has 78 valence electrons. The lowest BCUT2D eigenvalue weighted by Crippen LogP contribution is -2.15. The summed E-state index contributed by atoms with van der Waals surface area (Å²) in [6.45, 7) is 0. The van der Waals surface area contributed by atoms with Gasteiger partial charge in [0.1, 0.15) is 0 Å². The fourth-order valence-electron chi connectivity index (χ4n) is 1.56. The summed E-state index contributed by atoms with van der Waals surface area (Å²) < 4.78 is 2.84. The van der Waals surface area contributed by atoms with Crippen LogP contribution in [0.15, 0.2) is 41.0 Å². The van der Waals surface area contributed by atoms with Crippen LogP contribution in [0, 0.1) is 0 Å². The molecule has 1 aromatic carbocycles. The van der Waals surface area contributed by atoms with Crippen molar-refractivity contribution in [1.82, 2.24) is 9.78 Å². The van der Waals surface area contributed by atoms with Crippen molar-refractivity contribution >= 4 is 15.9 Å². The molecule has 0 saturated heterocycles. The zero-order chi connectivity index (χ0) is 10.8. The third kappa shape index (κ3) is 2.11. The van der Waals surface area contributed by atoms with Gasteiger partial charge in [-0.2, -0.15) is 5.10 Å². The Balaban J connectivity index is 2.36. The van der Waals surface area contributed by atoms with Gasteiger partial charge in [-0.05, 0) is 23.8 Å². The van der Waals surface area contributed by atoms with Crippen LogP contribution in [0.4, 0.5) is 0 Å². The van der Waals surface area contributed by atoms with E-state index in [0.717, 1.165) is 15.7 Å². The second-order valence-electron chi connectivity index (χ2n) is 3.41. The van der Waals surface area contributed by atoms with Gasteiger partial charge in [0.2, 0.25) is 0 Å². The number of aryl methyl sites for hydroxylation is 1. The first-order valence-electron chi connectivity index (χ1n) is 4.67. The Labute approximate surface area is 97.0 Å². The number of benzene rings is 1. The summed E-state index contributed by atoms with van der Waals surface area (Å²) in [6.07, 6.45) is 1.76. The smallest absolute Gasteiger partial charge is 0.0723 e. The normalized spacial score (nSPS) is 12.7. The van der Waals surface area contributed by atoms with Crippen molar-refractivity contribution in [3.8, 4) is 0 Å². The van der Waals surface area contributed by atoms with Crippen molar-refractivity contribution in [2.24, 2.45) is 12.8 Å². The number of aromatic nitrogens is 2. The Morgan fingerprint density at radius 1 is 1.40 bits per heavy atom. The highest BCUT2D eigenvalue weighted by molar-refractivity contribution is 9.10. The minimum absolute atomic E-state index is 0.130. The third-order valence-electron chi connectivity index (χ3n) is 2.39. The average molecular weight is 266 g/mol. The lowest BCUT2D eigenvalue weighted by Gasteiger charge is -2.12. The number of nitrogens with two attached hydrogens (primary N) is 1. The fraction of sp³-hybridized carbons (Fsp3) is 0.182. The molecule has 0 aliphatic heterocycles. The van der Waals surface area contributed by atoms with Gasteiger partial charge in [-0.3, -0.25) is 4.68 Å². The van der Waals surface area contributed by atoms with Crippen molar-refractivity contribution in [1.29, 1.82) is 0 Å². The highest BCUT2D eigenvalue weighted by Gasteiger charge is 2.12. The summed E-state index contributed by atoms with van der Waals surface area (Å²) in [5.74, 6) is 0. The summed E-state index contributed by atoms with van der Waals surface area (Å²) in [5.41, 5.74) is 8.23. The van der Waals surface area contributed by atoms with Gasteiger partial charge in [0.05, 0.1) is 11.7 Å². The molecule has 0 saturated carbocycles. The van der Waals surface area contributed by atoms with Crippen LogP contribution in [-0.2, 0) is 7.05 Å². The van der Waals surface area contributed by atoms with E-state index in [1.165, 1.54) is 0 Å². The van der Waals surface area contributed by atoms with E-state index < -0.39 is 0 Å². The van der Waals surface area contributed by atoms with Crippen molar-refractivity contribution in [3.05, 3.63) is 52.3 Å². The second kappa shape index (κ2) is 4.16. The average Bonchev–Trinajstić information content (AvgIpc) is 2.63. The molecule has 0 radical (unpaired) electrons. The Morgan fingerprint density at radius 2 is 2.20 bits per heavy atom. The van der Waals surface area contributed by atoms with Crippen LogP contribution in [0.25, 0.3) is 0 Å². The standard InChI is InChI=1S/C11H12BrN3/c1-15-10(5-6-14-15)11(13)8-3-2-4-9(12)7-8/h2-7,11H,13H2,1H3. The topological polar surface area (TPSA) is 43.8 Å².